The third kappa shape index (κ3) is 2.61. The van der Waals surface area contributed by atoms with E-state index in [4.69, 9.17) is 16.9 Å². The smallest absolute Gasteiger partial charge is 0.184 e. The maximum Gasteiger partial charge on any atom is 0.184 e. The van der Waals surface area contributed by atoms with Crippen LogP contribution in [0, 0.1) is 17.1 Å². The van der Waals surface area contributed by atoms with Gasteiger partial charge in [0.1, 0.15) is 11.7 Å². The van der Waals surface area contributed by atoms with Crippen molar-refractivity contribution in [3.05, 3.63) is 64.7 Å². The summed E-state index contributed by atoms with van der Waals surface area (Å²) in [5, 5.41) is 9.02. The third-order valence-corrected chi connectivity index (χ3v) is 2.94. The molecule has 5 heteroatoms. The van der Waals surface area contributed by atoms with Crippen LogP contribution in [0.5, 0.6) is 0 Å². The van der Waals surface area contributed by atoms with Crippen molar-refractivity contribution in [3.63, 3.8) is 0 Å². The Balaban J connectivity index is 2.44. The molecule has 1 unspecified atom stereocenters. The number of pyridine rings is 1. The Labute approximate surface area is 114 Å². The Morgan fingerprint density at radius 1 is 1.32 bits per heavy atom. The first-order valence-electron chi connectivity index (χ1n) is 5.43. The van der Waals surface area contributed by atoms with Crippen molar-refractivity contribution in [2.24, 2.45) is 0 Å². The zero-order valence-electron chi connectivity index (χ0n) is 9.68. The van der Waals surface area contributed by atoms with Crippen molar-refractivity contribution >= 4 is 17.4 Å². The summed E-state index contributed by atoms with van der Waals surface area (Å²) in [7, 11) is 0. The number of hydrogen-bond acceptors (Lipinski definition) is 3. The highest BCUT2D eigenvalue weighted by atomic mass is 35.5. The van der Waals surface area contributed by atoms with Gasteiger partial charge >= 0.3 is 0 Å². The van der Waals surface area contributed by atoms with E-state index in [-0.39, 0.29) is 10.6 Å². The number of benzene rings is 1. The predicted molar refractivity (Wildman–Crippen MR) is 68.3 cm³/mol. The van der Waals surface area contributed by atoms with Gasteiger partial charge in [-0.25, -0.2) is 4.39 Å². The van der Waals surface area contributed by atoms with Crippen molar-refractivity contribution in [1.82, 2.24) is 4.98 Å². The van der Waals surface area contributed by atoms with E-state index in [1.54, 1.807) is 0 Å². The molecule has 19 heavy (non-hydrogen) atoms. The second kappa shape index (κ2) is 5.59. The number of halogens is 2. The molecule has 0 N–H and O–H groups in total. The monoisotopic (exact) mass is 274 g/mol. The minimum absolute atomic E-state index is 0.0168. The van der Waals surface area contributed by atoms with Gasteiger partial charge in [-0.15, -0.1) is 0 Å². The highest BCUT2D eigenvalue weighted by Crippen LogP contribution is 2.27. The van der Waals surface area contributed by atoms with Gasteiger partial charge < -0.3 is 0 Å². The topological polar surface area (TPSA) is 53.8 Å². The molecular formula is C14H8ClFN2O. The highest BCUT2D eigenvalue weighted by Gasteiger charge is 2.25. The zero-order chi connectivity index (χ0) is 13.8. The summed E-state index contributed by atoms with van der Waals surface area (Å²) in [6.45, 7) is 0. The second-order valence-electron chi connectivity index (χ2n) is 3.81. The molecular weight excluding hydrogens is 267 g/mol. The fourth-order valence-corrected chi connectivity index (χ4v) is 1.88. The quantitative estimate of drug-likeness (QED) is 0.807. The third-order valence-electron chi connectivity index (χ3n) is 2.65. The van der Waals surface area contributed by atoms with E-state index in [0.717, 1.165) is 0 Å². The molecule has 0 aliphatic heterocycles. The van der Waals surface area contributed by atoms with E-state index in [1.807, 2.05) is 6.07 Å². The number of nitriles is 1. The summed E-state index contributed by atoms with van der Waals surface area (Å²) < 4.78 is 13.9. The molecule has 0 bridgehead atoms. The molecule has 3 nitrogen and oxygen atoms in total. The van der Waals surface area contributed by atoms with Gasteiger partial charge in [0, 0.05) is 23.5 Å². The number of nitrogens with zero attached hydrogens (tertiary/aromatic N) is 2. The first-order valence-corrected chi connectivity index (χ1v) is 5.80. The normalized spacial score (nSPS) is 11.6. The van der Waals surface area contributed by atoms with E-state index in [0.29, 0.717) is 5.56 Å². The highest BCUT2D eigenvalue weighted by molar-refractivity contribution is 6.30. The molecule has 1 atom stereocenters. The molecule has 0 aliphatic carbocycles. The molecule has 0 amide bonds. The number of Topliss-reactive ketones (excluding diaryl/α,β-unsaturated/α-hetero) is 1. The fourth-order valence-electron chi connectivity index (χ4n) is 1.70. The lowest BCUT2D eigenvalue weighted by atomic mass is 9.92. The second-order valence-corrected chi connectivity index (χ2v) is 4.21. The van der Waals surface area contributed by atoms with Crippen LogP contribution in [0.25, 0.3) is 0 Å². The summed E-state index contributed by atoms with van der Waals surface area (Å²) >= 11 is 5.66. The number of hydrogen-bond donors (Lipinski definition) is 0. The number of carbonyl (C=O) groups excluding carboxylic acids is 1. The Kier molecular flexibility index (Phi) is 3.88. The Bertz CT molecular complexity index is 652. The van der Waals surface area contributed by atoms with Gasteiger partial charge in [0.15, 0.2) is 5.78 Å². The van der Waals surface area contributed by atoms with Crippen molar-refractivity contribution in [1.29, 1.82) is 5.26 Å². The van der Waals surface area contributed by atoms with Crippen molar-refractivity contribution in [2.45, 2.75) is 5.92 Å². The Hall–Kier alpha value is -2.25. The predicted octanol–water partition coefficient (Wildman–Crippen LogP) is 3.36. The van der Waals surface area contributed by atoms with E-state index in [2.05, 4.69) is 4.98 Å². The van der Waals surface area contributed by atoms with Crippen LogP contribution in [0.1, 0.15) is 21.8 Å². The molecule has 2 aromatic rings. The SMILES string of the molecule is N#CC(C(=O)c1ccncc1)c1cccc(Cl)c1F. The fraction of sp³-hybridized carbons (Fsp3) is 0.0714. The first kappa shape index (κ1) is 13.2. The molecule has 1 heterocycles. The summed E-state index contributed by atoms with van der Waals surface area (Å²) in [4.78, 5) is 16.0. The van der Waals surface area contributed by atoms with E-state index in [9.17, 15) is 9.18 Å². The van der Waals surface area contributed by atoms with Crippen LogP contribution >= 0.6 is 11.6 Å². The standard InChI is InChI=1S/C14H8ClFN2O/c15-12-3-1-2-10(13(12)16)11(8-17)14(19)9-4-6-18-7-5-9/h1-7,11H. The average molecular weight is 275 g/mol. The van der Waals surface area contributed by atoms with Crippen LogP contribution in [0.2, 0.25) is 5.02 Å². The maximum atomic E-state index is 13.9. The van der Waals surface area contributed by atoms with E-state index < -0.39 is 17.5 Å². The molecule has 0 fully saturated rings. The van der Waals surface area contributed by atoms with Crippen LogP contribution in [-0.4, -0.2) is 10.8 Å². The Morgan fingerprint density at radius 2 is 2.00 bits per heavy atom. The zero-order valence-corrected chi connectivity index (χ0v) is 10.4. The van der Waals surface area contributed by atoms with Gasteiger partial charge in [-0.2, -0.15) is 5.26 Å². The summed E-state index contributed by atoms with van der Waals surface area (Å²) in [5.41, 5.74) is 0.290. The van der Waals surface area contributed by atoms with Gasteiger partial charge in [0.2, 0.25) is 0 Å². The molecule has 94 valence electrons. The van der Waals surface area contributed by atoms with E-state index >= 15 is 0 Å². The minimum Gasteiger partial charge on any atom is -0.292 e. The van der Waals surface area contributed by atoms with Crippen LogP contribution in [0.15, 0.2) is 42.7 Å². The largest absolute Gasteiger partial charge is 0.292 e. The van der Waals surface area contributed by atoms with Crippen molar-refractivity contribution in [3.8, 4) is 6.07 Å². The average Bonchev–Trinajstić information content (AvgIpc) is 2.45. The van der Waals surface area contributed by atoms with Crippen molar-refractivity contribution < 1.29 is 9.18 Å². The van der Waals surface area contributed by atoms with Gasteiger partial charge in [-0.3, -0.25) is 9.78 Å². The van der Waals surface area contributed by atoms with Crippen LogP contribution < -0.4 is 0 Å². The molecule has 0 saturated heterocycles. The lowest BCUT2D eigenvalue weighted by Gasteiger charge is -2.10. The summed E-state index contributed by atoms with van der Waals surface area (Å²) in [6.07, 6.45) is 2.88. The van der Waals surface area contributed by atoms with Gasteiger partial charge in [-0.05, 0) is 18.2 Å². The number of carbonyl (C=O) groups is 1. The van der Waals surface area contributed by atoms with E-state index in [1.165, 1.54) is 42.7 Å². The van der Waals surface area contributed by atoms with Crippen LogP contribution in [0.3, 0.4) is 0 Å². The van der Waals surface area contributed by atoms with Gasteiger partial charge in [0.25, 0.3) is 0 Å². The number of rotatable bonds is 3. The molecule has 1 aromatic heterocycles. The lowest BCUT2D eigenvalue weighted by molar-refractivity contribution is 0.0977. The number of ketones is 1. The molecule has 0 spiro atoms. The first-order chi connectivity index (χ1) is 9.15. The Morgan fingerprint density at radius 3 is 2.63 bits per heavy atom. The molecule has 0 aliphatic rings. The summed E-state index contributed by atoms with van der Waals surface area (Å²) in [6, 6.07) is 9.03. The van der Waals surface area contributed by atoms with Crippen molar-refractivity contribution in [2.75, 3.05) is 0 Å². The molecule has 0 saturated carbocycles. The maximum absolute atomic E-state index is 13.9. The molecule has 1 aromatic carbocycles. The van der Waals surface area contributed by atoms with Crippen LogP contribution in [0.4, 0.5) is 4.39 Å². The minimum atomic E-state index is -1.22. The number of aromatic nitrogens is 1. The lowest BCUT2D eigenvalue weighted by Crippen LogP contribution is -2.13. The molecule has 2 rings (SSSR count). The van der Waals surface area contributed by atoms with Gasteiger partial charge in [-0.1, -0.05) is 23.7 Å². The molecule has 0 radical (unpaired) electrons. The van der Waals surface area contributed by atoms with Crippen LogP contribution in [-0.2, 0) is 0 Å². The van der Waals surface area contributed by atoms with Gasteiger partial charge in [0.05, 0.1) is 11.1 Å². The summed E-state index contributed by atoms with van der Waals surface area (Å²) in [5.74, 6) is -2.44.